The van der Waals surface area contributed by atoms with Crippen LogP contribution in [-0.2, 0) is 6.18 Å². The molecule has 0 spiro atoms. The van der Waals surface area contributed by atoms with Gasteiger partial charge in [-0.2, -0.15) is 27.8 Å². The maximum absolute atomic E-state index is 14.1. The van der Waals surface area contributed by atoms with Gasteiger partial charge >= 0.3 is 6.18 Å². The van der Waals surface area contributed by atoms with Crippen molar-refractivity contribution in [3.8, 4) is 0 Å². The Labute approximate surface area is 152 Å². The van der Waals surface area contributed by atoms with Crippen molar-refractivity contribution in [3.63, 3.8) is 0 Å². The highest BCUT2D eigenvalue weighted by molar-refractivity contribution is 5.48. The number of nitrogens with two attached hydrogens (primary N) is 1. The van der Waals surface area contributed by atoms with Crippen LogP contribution < -0.4 is 11.1 Å². The van der Waals surface area contributed by atoms with E-state index in [9.17, 15) is 17.6 Å². The van der Waals surface area contributed by atoms with Gasteiger partial charge in [0.15, 0.2) is 0 Å². The summed E-state index contributed by atoms with van der Waals surface area (Å²) in [5.74, 6) is -0.517. The molecular weight excluding hydrogens is 364 g/mol. The first-order valence-electron chi connectivity index (χ1n) is 8.06. The van der Waals surface area contributed by atoms with Crippen LogP contribution in [0.5, 0.6) is 0 Å². The van der Waals surface area contributed by atoms with Gasteiger partial charge in [0.25, 0.3) is 5.78 Å². The van der Waals surface area contributed by atoms with Crippen LogP contribution in [0.25, 0.3) is 5.78 Å². The molecule has 6 nitrogen and oxygen atoms in total. The average Bonchev–Trinajstić information content (AvgIpc) is 2.98. The highest BCUT2D eigenvalue weighted by Gasteiger charge is 2.35. The summed E-state index contributed by atoms with van der Waals surface area (Å²) in [6.45, 7) is 5.14. The Bertz CT molecular complexity index is 974. The minimum Gasteiger partial charge on any atom is -0.361 e. The number of hydrogen-bond donors (Lipinski definition) is 2. The Hall–Kier alpha value is -2.75. The molecule has 1 aromatic carbocycles. The molecule has 0 bridgehead atoms. The van der Waals surface area contributed by atoms with E-state index in [0.29, 0.717) is 23.4 Å². The van der Waals surface area contributed by atoms with Crippen molar-refractivity contribution in [2.45, 2.75) is 38.5 Å². The fourth-order valence-corrected chi connectivity index (χ4v) is 2.82. The molecular formula is C17H18F4N6. The lowest BCUT2D eigenvalue weighted by Crippen LogP contribution is -2.43. The summed E-state index contributed by atoms with van der Waals surface area (Å²) in [6.07, 6.45) is -3.44. The first-order valence-corrected chi connectivity index (χ1v) is 8.06. The maximum Gasteiger partial charge on any atom is 0.419 e. The topological polar surface area (TPSA) is 81.1 Å². The average molecular weight is 382 g/mol. The van der Waals surface area contributed by atoms with E-state index in [-0.39, 0.29) is 5.56 Å². The fourth-order valence-electron chi connectivity index (χ4n) is 2.82. The van der Waals surface area contributed by atoms with Crippen LogP contribution in [-0.4, -0.2) is 25.1 Å². The number of anilines is 1. The van der Waals surface area contributed by atoms with Crippen LogP contribution in [0.1, 0.15) is 36.7 Å². The van der Waals surface area contributed by atoms with Gasteiger partial charge in [-0.15, -0.1) is 0 Å². The Morgan fingerprint density at radius 1 is 1.19 bits per heavy atom. The molecule has 0 amide bonds. The molecule has 0 saturated carbocycles. The van der Waals surface area contributed by atoms with Crippen LogP contribution in [0.15, 0.2) is 30.6 Å². The summed E-state index contributed by atoms with van der Waals surface area (Å²) >= 11 is 0. The first-order chi connectivity index (χ1) is 12.5. The SMILES string of the molecule is Cc1cc(NC(c2ccc(C(F)(F)F)c(F)c2)C(C)(C)N)n2ncnc2n1. The summed E-state index contributed by atoms with van der Waals surface area (Å²) in [5.41, 5.74) is 4.90. The summed E-state index contributed by atoms with van der Waals surface area (Å²) < 4.78 is 54.0. The number of fused-ring (bicyclic) bond motifs is 1. The number of halogens is 4. The van der Waals surface area contributed by atoms with Gasteiger partial charge in [-0.05, 0) is 38.5 Å². The lowest BCUT2D eigenvalue weighted by molar-refractivity contribution is -0.140. The van der Waals surface area contributed by atoms with Gasteiger partial charge in [0.05, 0.1) is 11.6 Å². The number of aryl methyl sites for hydroxylation is 1. The number of hydrogen-bond acceptors (Lipinski definition) is 5. The minimum atomic E-state index is -4.77. The predicted octanol–water partition coefficient (Wildman–Crippen LogP) is 3.48. The van der Waals surface area contributed by atoms with Gasteiger partial charge in [0.2, 0.25) is 0 Å². The second kappa shape index (κ2) is 6.45. The second-order valence-electron chi connectivity index (χ2n) is 6.89. The van der Waals surface area contributed by atoms with Crippen LogP contribution in [0.2, 0.25) is 0 Å². The lowest BCUT2D eigenvalue weighted by atomic mass is 9.89. The summed E-state index contributed by atoms with van der Waals surface area (Å²) in [5, 5.41) is 7.21. The molecule has 2 heterocycles. The molecule has 3 rings (SSSR count). The lowest BCUT2D eigenvalue weighted by Gasteiger charge is -2.33. The Kier molecular flexibility index (Phi) is 4.54. The van der Waals surface area contributed by atoms with Crippen molar-refractivity contribution in [2.24, 2.45) is 5.73 Å². The zero-order valence-corrected chi connectivity index (χ0v) is 14.8. The number of nitrogens with zero attached hydrogens (tertiary/aromatic N) is 4. The molecule has 0 radical (unpaired) electrons. The number of rotatable bonds is 4. The highest BCUT2D eigenvalue weighted by Crippen LogP contribution is 2.35. The first kappa shape index (κ1) is 19.0. The van der Waals surface area contributed by atoms with Crippen molar-refractivity contribution in [3.05, 3.63) is 53.2 Å². The molecule has 10 heteroatoms. The second-order valence-corrected chi connectivity index (χ2v) is 6.89. The molecule has 2 aromatic heterocycles. The van der Waals surface area contributed by atoms with Gasteiger partial charge in [-0.3, -0.25) is 0 Å². The zero-order valence-electron chi connectivity index (χ0n) is 14.8. The maximum atomic E-state index is 14.1. The smallest absolute Gasteiger partial charge is 0.361 e. The molecule has 0 aliphatic heterocycles. The summed E-state index contributed by atoms with van der Waals surface area (Å²) in [7, 11) is 0. The number of nitrogens with one attached hydrogen (secondary N) is 1. The molecule has 144 valence electrons. The number of aromatic nitrogens is 4. The van der Waals surface area contributed by atoms with Crippen LogP contribution in [0.3, 0.4) is 0 Å². The van der Waals surface area contributed by atoms with E-state index in [0.717, 1.165) is 6.07 Å². The molecule has 0 aliphatic carbocycles. The van der Waals surface area contributed by atoms with Crippen LogP contribution in [0.4, 0.5) is 23.4 Å². The molecule has 1 unspecified atom stereocenters. The molecule has 0 fully saturated rings. The number of benzene rings is 1. The Morgan fingerprint density at radius 2 is 1.89 bits per heavy atom. The quantitative estimate of drug-likeness (QED) is 0.675. The molecule has 3 N–H and O–H groups in total. The van der Waals surface area contributed by atoms with E-state index in [2.05, 4.69) is 20.4 Å². The van der Waals surface area contributed by atoms with E-state index < -0.39 is 29.1 Å². The normalized spacial score (nSPS) is 13.8. The highest BCUT2D eigenvalue weighted by atomic mass is 19.4. The van der Waals surface area contributed by atoms with E-state index in [4.69, 9.17) is 5.73 Å². The van der Waals surface area contributed by atoms with Crippen molar-refractivity contribution < 1.29 is 17.6 Å². The summed E-state index contributed by atoms with van der Waals surface area (Å²) in [6, 6.07) is 3.77. The third kappa shape index (κ3) is 3.85. The predicted molar refractivity (Wildman–Crippen MR) is 91.6 cm³/mol. The molecule has 27 heavy (non-hydrogen) atoms. The van der Waals surface area contributed by atoms with Gasteiger partial charge in [0, 0.05) is 17.3 Å². The van der Waals surface area contributed by atoms with Crippen LogP contribution >= 0.6 is 0 Å². The summed E-state index contributed by atoms with van der Waals surface area (Å²) in [4.78, 5) is 8.24. The molecule has 1 atom stereocenters. The Morgan fingerprint density at radius 3 is 2.48 bits per heavy atom. The van der Waals surface area contributed by atoms with Crippen LogP contribution in [0, 0.1) is 12.7 Å². The van der Waals surface area contributed by atoms with Gasteiger partial charge < -0.3 is 11.1 Å². The van der Waals surface area contributed by atoms with Crippen molar-refractivity contribution >= 4 is 11.6 Å². The molecule has 3 aromatic rings. The van der Waals surface area contributed by atoms with E-state index in [1.807, 2.05) is 0 Å². The van der Waals surface area contributed by atoms with Gasteiger partial charge in [-0.25, -0.2) is 9.37 Å². The largest absolute Gasteiger partial charge is 0.419 e. The monoisotopic (exact) mass is 382 g/mol. The van der Waals surface area contributed by atoms with Crippen molar-refractivity contribution in [1.82, 2.24) is 19.6 Å². The van der Waals surface area contributed by atoms with E-state index >= 15 is 0 Å². The number of alkyl halides is 3. The fraction of sp³-hybridized carbons (Fsp3) is 0.353. The third-order valence-electron chi connectivity index (χ3n) is 4.05. The molecule has 0 saturated heterocycles. The third-order valence-corrected chi connectivity index (χ3v) is 4.05. The van der Waals surface area contributed by atoms with E-state index in [1.165, 1.54) is 16.9 Å². The van der Waals surface area contributed by atoms with Crippen molar-refractivity contribution in [1.29, 1.82) is 0 Å². The van der Waals surface area contributed by atoms with Gasteiger partial charge in [-0.1, -0.05) is 6.07 Å². The zero-order chi connectivity index (χ0) is 20.0. The van der Waals surface area contributed by atoms with Crippen molar-refractivity contribution in [2.75, 3.05) is 5.32 Å². The Balaban J connectivity index is 2.05. The minimum absolute atomic E-state index is 0.274. The van der Waals surface area contributed by atoms with E-state index in [1.54, 1.807) is 26.8 Å². The van der Waals surface area contributed by atoms with Gasteiger partial charge in [0.1, 0.15) is 18.0 Å². The standard InChI is InChI=1S/C17H18F4N6/c1-9-6-13(27-15(25-9)23-8-24-27)26-14(16(2,3)22)10-4-5-11(12(18)7-10)17(19,20)21/h4-8,14,26H,22H2,1-3H3. The molecule has 0 aliphatic rings.